The van der Waals surface area contributed by atoms with Crippen molar-refractivity contribution in [3.8, 4) is 0 Å². The lowest BCUT2D eigenvalue weighted by molar-refractivity contribution is 0.0688. The number of aryl methyl sites for hydroxylation is 1. The van der Waals surface area contributed by atoms with E-state index in [9.17, 15) is 4.79 Å². The zero-order valence-electron chi connectivity index (χ0n) is 7.23. The summed E-state index contributed by atoms with van der Waals surface area (Å²) in [7, 11) is 0. The van der Waals surface area contributed by atoms with E-state index in [0.717, 1.165) is 0 Å². The second kappa shape index (κ2) is 2.95. The van der Waals surface area contributed by atoms with Crippen LogP contribution in [0.5, 0.6) is 0 Å². The molecular weight excluding hydrogens is 206 g/mol. The van der Waals surface area contributed by atoms with Crippen LogP contribution in [0.15, 0.2) is 12.4 Å². The van der Waals surface area contributed by atoms with Gasteiger partial charge < -0.3 is 5.11 Å². The van der Waals surface area contributed by atoms with Gasteiger partial charge in [-0.2, -0.15) is 0 Å². The van der Waals surface area contributed by atoms with Crippen molar-refractivity contribution in [3.63, 3.8) is 0 Å². The highest BCUT2D eigenvalue weighted by Crippen LogP contribution is 2.17. The Morgan fingerprint density at radius 2 is 2.21 bits per heavy atom. The normalized spacial score (nSPS) is 10.7. The molecule has 0 fully saturated rings. The van der Waals surface area contributed by atoms with Crippen LogP contribution in [0, 0.1) is 6.92 Å². The van der Waals surface area contributed by atoms with Gasteiger partial charge in [-0.1, -0.05) is 11.6 Å². The third-order valence-corrected chi connectivity index (χ3v) is 2.20. The number of aromatic nitrogens is 3. The minimum Gasteiger partial charge on any atom is -0.477 e. The number of rotatable bonds is 1. The van der Waals surface area contributed by atoms with Gasteiger partial charge in [0.15, 0.2) is 10.8 Å². The van der Waals surface area contributed by atoms with Gasteiger partial charge in [0.25, 0.3) is 0 Å². The summed E-state index contributed by atoms with van der Waals surface area (Å²) in [5, 5.41) is 9.13. The maximum absolute atomic E-state index is 10.8. The number of carboxylic acid groups (broad SMARTS) is 1. The fourth-order valence-electron chi connectivity index (χ4n) is 1.29. The Bertz CT molecular complexity index is 521. The summed E-state index contributed by atoms with van der Waals surface area (Å²) >= 11 is 5.78. The SMILES string of the molecule is Cc1ncc2c(Cl)ncc(C(=O)O)n12. The van der Waals surface area contributed by atoms with Crippen LogP contribution in [0.2, 0.25) is 5.15 Å². The van der Waals surface area contributed by atoms with Gasteiger partial charge in [-0.15, -0.1) is 0 Å². The number of imidazole rings is 1. The van der Waals surface area contributed by atoms with Crippen LogP contribution >= 0.6 is 11.6 Å². The fourth-order valence-corrected chi connectivity index (χ4v) is 1.47. The van der Waals surface area contributed by atoms with Crippen LogP contribution in [0.25, 0.3) is 5.52 Å². The van der Waals surface area contributed by atoms with Crippen LogP contribution in [0.1, 0.15) is 16.3 Å². The molecule has 0 saturated heterocycles. The zero-order chi connectivity index (χ0) is 10.3. The van der Waals surface area contributed by atoms with E-state index in [2.05, 4.69) is 9.97 Å². The van der Waals surface area contributed by atoms with E-state index in [1.165, 1.54) is 16.8 Å². The van der Waals surface area contributed by atoms with Gasteiger partial charge in [0.2, 0.25) is 0 Å². The molecule has 0 radical (unpaired) electrons. The summed E-state index contributed by atoms with van der Waals surface area (Å²) in [6.45, 7) is 1.70. The Morgan fingerprint density at radius 1 is 1.50 bits per heavy atom. The Hall–Kier alpha value is -1.62. The van der Waals surface area contributed by atoms with Crippen molar-refractivity contribution in [1.29, 1.82) is 0 Å². The molecule has 2 aromatic heterocycles. The average Bonchev–Trinajstić information content (AvgIpc) is 2.50. The number of fused-ring (bicyclic) bond motifs is 1. The summed E-state index contributed by atoms with van der Waals surface area (Å²) in [6, 6.07) is 0. The van der Waals surface area contributed by atoms with Crippen molar-refractivity contribution in [3.05, 3.63) is 29.1 Å². The number of hydrogen-bond acceptors (Lipinski definition) is 3. The molecule has 5 nitrogen and oxygen atoms in total. The maximum atomic E-state index is 10.8. The van der Waals surface area contributed by atoms with E-state index in [1.807, 2.05) is 0 Å². The summed E-state index contributed by atoms with van der Waals surface area (Å²) in [6.07, 6.45) is 2.71. The number of carboxylic acids is 1. The maximum Gasteiger partial charge on any atom is 0.354 e. The van der Waals surface area contributed by atoms with Gasteiger partial charge in [-0.3, -0.25) is 4.40 Å². The molecule has 72 valence electrons. The van der Waals surface area contributed by atoms with E-state index in [4.69, 9.17) is 16.7 Å². The highest BCUT2D eigenvalue weighted by Gasteiger charge is 2.13. The molecule has 14 heavy (non-hydrogen) atoms. The van der Waals surface area contributed by atoms with Crippen molar-refractivity contribution < 1.29 is 9.90 Å². The highest BCUT2D eigenvalue weighted by molar-refractivity contribution is 6.32. The van der Waals surface area contributed by atoms with Crippen LogP contribution in [-0.4, -0.2) is 25.4 Å². The molecule has 1 N–H and O–H groups in total. The lowest BCUT2D eigenvalue weighted by atomic mass is 10.4. The Labute approximate surface area is 84.0 Å². The van der Waals surface area contributed by atoms with Gasteiger partial charge in [0, 0.05) is 0 Å². The van der Waals surface area contributed by atoms with Crippen LogP contribution < -0.4 is 0 Å². The molecule has 0 bridgehead atoms. The topological polar surface area (TPSA) is 67.5 Å². The molecule has 0 unspecified atom stereocenters. The minimum absolute atomic E-state index is 0.0550. The van der Waals surface area contributed by atoms with Gasteiger partial charge in [-0.05, 0) is 6.92 Å². The first-order valence-electron chi connectivity index (χ1n) is 3.83. The number of aromatic carboxylic acids is 1. The Kier molecular flexibility index (Phi) is 1.89. The predicted octanol–water partition coefficient (Wildman–Crippen LogP) is 1.39. The van der Waals surface area contributed by atoms with Crippen molar-refractivity contribution in [2.24, 2.45) is 0 Å². The summed E-state index contributed by atoms with van der Waals surface area (Å²) in [4.78, 5) is 18.6. The third kappa shape index (κ3) is 1.13. The summed E-state index contributed by atoms with van der Waals surface area (Å²) < 4.78 is 1.46. The Morgan fingerprint density at radius 3 is 2.86 bits per heavy atom. The molecule has 0 atom stereocenters. The van der Waals surface area contributed by atoms with Crippen LogP contribution in [0.4, 0.5) is 0 Å². The number of carbonyl (C=O) groups is 1. The summed E-state index contributed by atoms with van der Waals surface area (Å²) in [5.74, 6) is -0.484. The number of hydrogen-bond donors (Lipinski definition) is 1. The smallest absolute Gasteiger partial charge is 0.354 e. The van der Waals surface area contributed by atoms with Gasteiger partial charge in [0.05, 0.1) is 12.4 Å². The van der Waals surface area contributed by atoms with E-state index in [0.29, 0.717) is 11.3 Å². The van der Waals surface area contributed by atoms with E-state index >= 15 is 0 Å². The minimum atomic E-state index is -1.06. The lowest BCUT2D eigenvalue weighted by Gasteiger charge is -2.02. The van der Waals surface area contributed by atoms with Gasteiger partial charge in [0.1, 0.15) is 11.3 Å². The molecule has 0 aromatic carbocycles. The van der Waals surface area contributed by atoms with Gasteiger partial charge >= 0.3 is 5.97 Å². The number of halogens is 1. The van der Waals surface area contributed by atoms with E-state index in [-0.39, 0.29) is 10.8 Å². The predicted molar refractivity (Wildman–Crippen MR) is 49.7 cm³/mol. The van der Waals surface area contributed by atoms with Gasteiger partial charge in [-0.25, -0.2) is 14.8 Å². The van der Waals surface area contributed by atoms with Crippen molar-refractivity contribution in [1.82, 2.24) is 14.4 Å². The fraction of sp³-hybridized carbons (Fsp3) is 0.125. The molecule has 6 heteroatoms. The molecule has 0 saturated carbocycles. The molecule has 2 aromatic rings. The monoisotopic (exact) mass is 211 g/mol. The first kappa shape index (κ1) is 8.96. The molecule has 2 rings (SSSR count). The first-order valence-corrected chi connectivity index (χ1v) is 4.21. The van der Waals surface area contributed by atoms with Crippen LogP contribution in [-0.2, 0) is 0 Å². The lowest BCUT2D eigenvalue weighted by Crippen LogP contribution is -2.07. The van der Waals surface area contributed by atoms with Crippen molar-refractivity contribution in [2.45, 2.75) is 6.92 Å². The summed E-state index contributed by atoms with van der Waals surface area (Å²) in [5.41, 5.74) is 0.559. The molecule has 0 aliphatic rings. The quantitative estimate of drug-likeness (QED) is 0.774. The third-order valence-electron chi connectivity index (χ3n) is 1.91. The second-order valence-corrected chi connectivity index (χ2v) is 3.12. The van der Waals surface area contributed by atoms with Crippen molar-refractivity contribution in [2.75, 3.05) is 0 Å². The molecule has 0 spiro atoms. The first-order chi connectivity index (χ1) is 6.61. The van der Waals surface area contributed by atoms with Crippen LogP contribution in [0.3, 0.4) is 0 Å². The molecule has 0 aliphatic heterocycles. The Balaban J connectivity index is 2.92. The standard InChI is InChI=1S/C8H6ClN3O2/c1-4-10-2-5-7(9)11-3-6(8(13)14)12(4)5/h2-3H,1H3,(H,13,14). The van der Waals surface area contributed by atoms with E-state index < -0.39 is 5.97 Å². The van der Waals surface area contributed by atoms with Crippen molar-refractivity contribution >= 4 is 23.1 Å². The largest absolute Gasteiger partial charge is 0.477 e. The van der Waals surface area contributed by atoms with E-state index in [1.54, 1.807) is 6.92 Å². The second-order valence-electron chi connectivity index (χ2n) is 2.77. The molecule has 0 amide bonds. The zero-order valence-corrected chi connectivity index (χ0v) is 7.99. The molecule has 0 aliphatic carbocycles. The molecule has 2 heterocycles. The highest BCUT2D eigenvalue weighted by atomic mass is 35.5. The number of nitrogens with zero attached hydrogens (tertiary/aromatic N) is 3. The molecular formula is C8H6ClN3O2. The average molecular weight is 212 g/mol.